The predicted molar refractivity (Wildman–Crippen MR) is 60.8 cm³/mol. The summed E-state index contributed by atoms with van der Waals surface area (Å²) >= 11 is 0. The molecule has 16 heavy (non-hydrogen) atoms. The molecule has 1 aromatic rings. The molecule has 0 aromatic heterocycles. The summed E-state index contributed by atoms with van der Waals surface area (Å²) in [7, 11) is 1.38. The summed E-state index contributed by atoms with van der Waals surface area (Å²) in [6, 6.07) is 5.87. The number of carbonyl (C=O) groups excluding carboxylic acids is 1. The van der Waals surface area contributed by atoms with E-state index in [1.807, 2.05) is 18.2 Å². The topological polar surface area (TPSA) is 47.6 Å². The molecule has 86 valence electrons. The second-order valence-electron chi connectivity index (χ2n) is 3.70. The molecule has 0 spiro atoms. The summed E-state index contributed by atoms with van der Waals surface area (Å²) in [5.74, 6) is 0.684. The largest absolute Gasteiger partial charge is 0.493 e. The van der Waals surface area contributed by atoms with Gasteiger partial charge in [0.05, 0.1) is 13.7 Å². The third-order valence-corrected chi connectivity index (χ3v) is 2.57. The summed E-state index contributed by atoms with van der Waals surface area (Å²) in [6.07, 6.45) is 2.08. The Labute approximate surface area is 94.6 Å². The van der Waals surface area contributed by atoms with Gasteiger partial charge in [-0.2, -0.15) is 0 Å². The molecule has 2 rings (SSSR count). The number of anilines is 1. The molecule has 4 nitrogen and oxygen atoms in total. The van der Waals surface area contributed by atoms with Gasteiger partial charge in [0.1, 0.15) is 12.3 Å². The van der Waals surface area contributed by atoms with E-state index in [4.69, 9.17) is 4.74 Å². The van der Waals surface area contributed by atoms with Crippen LogP contribution in [0.5, 0.6) is 5.75 Å². The van der Waals surface area contributed by atoms with Crippen LogP contribution in [0.1, 0.15) is 12.0 Å². The highest BCUT2D eigenvalue weighted by molar-refractivity contribution is 5.75. The van der Waals surface area contributed by atoms with Crippen LogP contribution in [0.3, 0.4) is 0 Å². The molecule has 0 aliphatic carbocycles. The van der Waals surface area contributed by atoms with Gasteiger partial charge in [0.2, 0.25) is 0 Å². The Morgan fingerprint density at radius 3 is 3.25 bits per heavy atom. The molecule has 0 amide bonds. The number of esters is 1. The maximum absolute atomic E-state index is 11.0. The number of hydrogen-bond acceptors (Lipinski definition) is 4. The molecule has 1 aromatic carbocycles. The van der Waals surface area contributed by atoms with Gasteiger partial charge in [0, 0.05) is 5.69 Å². The van der Waals surface area contributed by atoms with Gasteiger partial charge >= 0.3 is 5.97 Å². The van der Waals surface area contributed by atoms with Gasteiger partial charge in [-0.1, -0.05) is 0 Å². The van der Waals surface area contributed by atoms with Crippen molar-refractivity contribution in [2.24, 2.45) is 0 Å². The average Bonchev–Trinajstić information content (AvgIpc) is 2.35. The normalized spacial score (nSPS) is 13.6. The number of carbonyl (C=O) groups is 1. The van der Waals surface area contributed by atoms with E-state index in [0.29, 0.717) is 0 Å². The molecule has 1 aliphatic heterocycles. The second kappa shape index (κ2) is 4.88. The monoisotopic (exact) mass is 221 g/mol. The van der Waals surface area contributed by atoms with Gasteiger partial charge in [0.25, 0.3) is 0 Å². The van der Waals surface area contributed by atoms with Crippen LogP contribution in [-0.4, -0.2) is 26.2 Å². The lowest BCUT2D eigenvalue weighted by Gasteiger charge is -2.18. The molecule has 0 bridgehead atoms. The summed E-state index contributed by atoms with van der Waals surface area (Å²) in [5.41, 5.74) is 2.12. The van der Waals surface area contributed by atoms with E-state index >= 15 is 0 Å². The van der Waals surface area contributed by atoms with E-state index in [0.717, 1.165) is 30.9 Å². The zero-order valence-corrected chi connectivity index (χ0v) is 9.29. The van der Waals surface area contributed by atoms with Crippen molar-refractivity contribution in [3.8, 4) is 5.75 Å². The molecule has 1 N–H and O–H groups in total. The van der Waals surface area contributed by atoms with Gasteiger partial charge in [-0.15, -0.1) is 0 Å². The van der Waals surface area contributed by atoms with E-state index in [2.05, 4.69) is 10.1 Å². The Bertz CT molecular complexity index is 390. The maximum atomic E-state index is 11.0. The highest BCUT2D eigenvalue weighted by atomic mass is 16.5. The third-order valence-electron chi connectivity index (χ3n) is 2.57. The summed E-state index contributed by atoms with van der Waals surface area (Å²) in [5, 5.41) is 3.02. The molecule has 0 saturated heterocycles. The minimum Gasteiger partial charge on any atom is -0.493 e. The van der Waals surface area contributed by atoms with Crippen LogP contribution in [0.4, 0.5) is 5.69 Å². The lowest BCUT2D eigenvalue weighted by molar-refractivity contribution is -0.138. The summed E-state index contributed by atoms with van der Waals surface area (Å²) < 4.78 is 10.1. The van der Waals surface area contributed by atoms with Crippen molar-refractivity contribution in [1.82, 2.24) is 0 Å². The van der Waals surface area contributed by atoms with E-state index in [-0.39, 0.29) is 12.5 Å². The number of fused-ring (bicyclic) bond motifs is 1. The Hall–Kier alpha value is -1.71. The van der Waals surface area contributed by atoms with E-state index in [1.54, 1.807) is 0 Å². The van der Waals surface area contributed by atoms with Crippen molar-refractivity contribution in [3.63, 3.8) is 0 Å². The Balaban J connectivity index is 2.03. The van der Waals surface area contributed by atoms with Gasteiger partial charge in [-0.25, -0.2) is 0 Å². The Morgan fingerprint density at radius 1 is 1.56 bits per heavy atom. The van der Waals surface area contributed by atoms with Crippen LogP contribution < -0.4 is 10.1 Å². The van der Waals surface area contributed by atoms with E-state index in [9.17, 15) is 4.79 Å². The Morgan fingerprint density at radius 2 is 2.44 bits per heavy atom. The van der Waals surface area contributed by atoms with Crippen molar-refractivity contribution in [1.29, 1.82) is 0 Å². The van der Waals surface area contributed by atoms with Crippen molar-refractivity contribution >= 4 is 11.7 Å². The fraction of sp³-hybridized carbons (Fsp3) is 0.417. The SMILES string of the molecule is COC(=O)CNc1ccc2c(c1)CCCO2. The van der Waals surface area contributed by atoms with Crippen LogP contribution >= 0.6 is 0 Å². The number of nitrogens with one attached hydrogen (secondary N) is 1. The van der Waals surface area contributed by atoms with Crippen LogP contribution in [0.15, 0.2) is 18.2 Å². The number of ether oxygens (including phenoxy) is 2. The van der Waals surface area contributed by atoms with Crippen LogP contribution in [0.25, 0.3) is 0 Å². The fourth-order valence-corrected chi connectivity index (χ4v) is 1.72. The lowest BCUT2D eigenvalue weighted by atomic mass is 10.1. The average molecular weight is 221 g/mol. The predicted octanol–water partition coefficient (Wildman–Crippen LogP) is 1.60. The summed E-state index contributed by atoms with van der Waals surface area (Å²) in [6.45, 7) is 0.984. The first-order valence-corrected chi connectivity index (χ1v) is 5.36. The molecule has 4 heteroatoms. The van der Waals surface area contributed by atoms with Gasteiger partial charge < -0.3 is 14.8 Å². The van der Waals surface area contributed by atoms with Gasteiger partial charge in [-0.3, -0.25) is 4.79 Å². The Kier molecular flexibility index (Phi) is 3.29. The van der Waals surface area contributed by atoms with Crippen molar-refractivity contribution < 1.29 is 14.3 Å². The third kappa shape index (κ3) is 2.45. The molecule has 1 aliphatic rings. The first kappa shape index (κ1) is 10.8. The quantitative estimate of drug-likeness (QED) is 0.787. The van der Waals surface area contributed by atoms with E-state index < -0.39 is 0 Å². The first-order chi connectivity index (χ1) is 7.79. The molecule has 0 saturated carbocycles. The zero-order valence-electron chi connectivity index (χ0n) is 9.29. The first-order valence-electron chi connectivity index (χ1n) is 5.36. The standard InChI is InChI=1S/C12H15NO3/c1-15-12(14)8-13-10-4-5-11-9(7-10)3-2-6-16-11/h4-5,7,13H,2-3,6,8H2,1H3. The van der Waals surface area contributed by atoms with Crippen molar-refractivity contribution in [3.05, 3.63) is 23.8 Å². The summed E-state index contributed by atoms with van der Waals surface area (Å²) in [4.78, 5) is 11.0. The number of hydrogen-bond donors (Lipinski definition) is 1. The maximum Gasteiger partial charge on any atom is 0.325 e. The molecule has 0 radical (unpaired) electrons. The zero-order chi connectivity index (χ0) is 11.4. The van der Waals surface area contributed by atoms with Crippen molar-refractivity contribution in [2.45, 2.75) is 12.8 Å². The molecular formula is C12H15NO3. The molecule has 0 unspecified atom stereocenters. The van der Waals surface area contributed by atoms with Crippen LogP contribution in [0.2, 0.25) is 0 Å². The minimum absolute atomic E-state index is 0.191. The highest BCUT2D eigenvalue weighted by Crippen LogP contribution is 2.27. The van der Waals surface area contributed by atoms with E-state index in [1.165, 1.54) is 12.7 Å². The van der Waals surface area contributed by atoms with Crippen molar-refractivity contribution in [2.75, 3.05) is 25.6 Å². The van der Waals surface area contributed by atoms with Crippen LogP contribution in [0, 0.1) is 0 Å². The lowest BCUT2D eigenvalue weighted by Crippen LogP contribution is -2.15. The number of methoxy groups -OCH3 is 1. The number of rotatable bonds is 3. The molecular weight excluding hydrogens is 206 g/mol. The molecule has 0 atom stereocenters. The smallest absolute Gasteiger partial charge is 0.325 e. The fourth-order valence-electron chi connectivity index (χ4n) is 1.72. The molecule has 1 heterocycles. The number of aryl methyl sites for hydroxylation is 1. The second-order valence-corrected chi connectivity index (χ2v) is 3.70. The highest BCUT2D eigenvalue weighted by Gasteiger charge is 2.10. The number of benzene rings is 1. The molecule has 0 fully saturated rings. The minimum atomic E-state index is -0.269. The van der Waals surface area contributed by atoms with Gasteiger partial charge in [0.15, 0.2) is 0 Å². The van der Waals surface area contributed by atoms with Crippen LogP contribution in [-0.2, 0) is 16.0 Å². The van der Waals surface area contributed by atoms with Gasteiger partial charge in [-0.05, 0) is 36.6 Å².